The summed E-state index contributed by atoms with van der Waals surface area (Å²) in [4.78, 5) is 37.8. The molecule has 0 unspecified atom stereocenters. The average molecular weight is 777 g/mol. The van der Waals surface area contributed by atoms with Gasteiger partial charge in [-0.15, -0.1) is 0 Å². The summed E-state index contributed by atoms with van der Waals surface area (Å²) in [5.41, 5.74) is 2.52. The molecule has 10 heteroatoms. The predicted octanol–water partition coefficient (Wildman–Crippen LogP) is 10.1. The van der Waals surface area contributed by atoms with Crippen LogP contribution in [0.1, 0.15) is 96.0 Å². The molecule has 0 atom stereocenters. The monoisotopic (exact) mass is 776 g/mol. The maximum Gasteiger partial charge on any atom is 0.344 e. The predicted molar refractivity (Wildman–Crippen MR) is 219 cm³/mol. The third-order valence-corrected chi connectivity index (χ3v) is 8.91. The van der Waals surface area contributed by atoms with Crippen molar-refractivity contribution >= 4 is 39.5 Å². The van der Waals surface area contributed by atoms with Crippen molar-refractivity contribution in [3.05, 3.63) is 101 Å². The molecule has 0 N–H and O–H groups in total. The molecule has 0 aliphatic carbocycles. The molecule has 0 saturated heterocycles. The van der Waals surface area contributed by atoms with Crippen LogP contribution in [0.15, 0.2) is 72.8 Å². The fourth-order valence-corrected chi connectivity index (χ4v) is 7.06. The van der Waals surface area contributed by atoms with Crippen LogP contribution in [-0.4, -0.2) is 54.5 Å². The van der Waals surface area contributed by atoms with E-state index in [1.807, 2.05) is 137 Å². The third kappa shape index (κ3) is 9.97. The topological polar surface area (TPSA) is 116 Å². The zero-order chi connectivity index (χ0) is 41.4. The molecule has 57 heavy (non-hydrogen) atoms. The molecule has 1 heterocycles. The van der Waals surface area contributed by atoms with Crippen LogP contribution in [0.3, 0.4) is 0 Å². The van der Waals surface area contributed by atoms with Gasteiger partial charge in [0, 0.05) is 17.0 Å². The molecular weight excluding hydrogens is 725 g/mol. The molecule has 5 aromatic carbocycles. The number of benzene rings is 5. The van der Waals surface area contributed by atoms with E-state index in [2.05, 4.69) is 12.1 Å². The minimum atomic E-state index is -0.642. The van der Waals surface area contributed by atoms with Crippen LogP contribution in [-0.2, 0) is 28.6 Å². The zero-order valence-electron chi connectivity index (χ0n) is 34.7. The van der Waals surface area contributed by atoms with Gasteiger partial charge in [0.1, 0.15) is 45.6 Å². The number of ether oxygens (including phenoxy) is 7. The van der Waals surface area contributed by atoms with E-state index < -0.39 is 34.7 Å². The van der Waals surface area contributed by atoms with E-state index >= 15 is 0 Å². The lowest BCUT2D eigenvalue weighted by molar-refractivity contribution is -0.158. The zero-order valence-corrected chi connectivity index (χ0v) is 34.7. The van der Waals surface area contributed by atoms with Gasteiger partial charge in [0.05, 0.1) is 0 Å². The summed E-state index contributed by atoms with van der Waals surface area (Å²) in [6.07, 6.45) is 0. The van der Waals surface area contributed by atoms with Crippen molar-refractivity contribution in [2.75, 3.05) is 19.8 Å². The van der Waals surface area contributed by atoms with Crippen LogP contribution in [0.4, 0.5) is 0 Å². The second kappa shape index (κ2) is 15.6. The molecule has 0 saturated carbocycles. The van der Waals surface area contributed by atoms with Gasteiger partial charge in [-0.25, -0.2) is 14.4 Å². The summed E-state index contributed by atoms with van der Waals surface area (Å²) in [5, 5.41) is 3.64. The minimum absolute atomic E-state index is 0.228. The van der Waals surface area contributed by atoms with Crippen LogP contribution in [0.25, 0.3) is 21.5 Å². The van der Waals surface area contributed by atoms with E-state index in [9.17, 15) is 14.4 Å². The van der Waals surface area contributed by atoms with E-state index in [1.54, 1.807) is 0 Å². The highest BCUT2D eigenvalue weighted by atomic mass is 16.6. The highest BCUT2D eigenvalue weighted by Gasteiger charge is 2.33. The van der Waals surface area contributed by atoms with E-state index in [1.165, 1.54) is 0 Å². The molecule has 0 fully saturated rings. The van der Waals surface area contributed by atoms with Gasteiger partial charge in [-0.3, -0.25) is 0 Å². The van der Waals surface area contributed by atoms with Crippen molar-refractivity contribution in [3.8, 4) is 28.7 Å². The number of rotatable bonds is 10. The maximum atomic E-state index is 12.6. The van der Waals surface area contributed by atoms with Gasteiger partial charge in [-0.05, 0) is 151 Å². The van der Waals surface area contributed by atoms with Gasteiger partial charge < -0.3 is 33.2 Å². The number of hydrogen-bond donors (Lipinski definition) is 0. The summed E-state index contributed by atoms with van der Waals surface area (Å²) in [7, 11) is 0. The number of aryl methyl sites for hydroxylation is 2. The van der Waals surface area contributed by atoms with E-state index in [-0.39, 0.29) is 25.7 Å². The Morgan fingerprint density at radius 2 is 0.895 bits per heavy atom. The second-order valence-corrected chi connectivity index (χ2v) is 17.4. The molecule has 0 spiro atoms. The Bertz CT molecular complexity index is 2210. The van der Waals surface area contributed by atoms with Crippen molar-refractivity contribution in [2.24, 2.45) is 0 Å². The number of esters is 3. The Kier molecular flexibility index (Phi) is 11.2. The van der Waals surface area contributed by atoms with Crippen LogP contribution >= 0.6 is 0 Å². The summed E-state index contributed by atoms with van der Waals surface area (Å²) in [6.45, 7) is 19.5. The number of fused-ring (bicyclic) bond motifs is 6. The van der Waals surface area contributed by atoms with Gasteiger partial charge >= 0.3 is 17.9 Å². The van der Waals surface area contributed by atoms with Crippen molar-refractivity contribution in [1.82, 2.24) is 0 Å². The molecule has 1 aliphatic rings. The normalized spacial score (nSPS) is 13.0. The maximum absolute atomic E-state index is 12.6. The van der Waals surface area contributed by atoms with Crippen LogP contribution < -0.4 is 18.9 Å². The van der Waals surface area contributed by atoms with Crippen LogP contribution in [0.2, 0.25) is 0 Å². The molecule has 0 radical (unpaired) electrons. The molecule has 0 amide bonds. The van der Waals surface area contributed by atoms with Gasteiger partial charge in [-0.2, -0.15) is 0 Å². The van der Waals surface area contributed by atoms with Gasteiger partial charge in [0.25, 0.3) is 0 Å². The lowest BCUT2D eigenvalue weighted by atomic mass is 9.77. The first kappa shape index (κ1) is 40.9. The standard InChI is InChI=1S/C47H52O10/c1-27-20-31(21-28(2)44(27)53-26-40(50)57-47(9,10)11)41-42-34-22-32(51-24-38(48)55-45(3,4)5)16-12-29(34)14-18-36(42)54-37-19-15-30-13-17-33(23-35(30)43(37)41)52-25-39(49)56-46(6,7)8/h12-23,41H,24-26H2,1-11H3. The molecular formula is C47H52O10. The molecule has 5 aromatic rings. The second-order valence-electron chi connectivity index (χ2n) is 17.4. The fourth-order valence-electron chi connectivity index (χ4n) is 7.06. The summed E-state index contributed by atoms with van der Waals surface area (Å²) in [5.74, 6) is 1.17. The molecule has 10 nitrogen and oxygen atoms in total. The van der Waals surface area contributed by atoms with E-state index in [4.69, 9.17) is 33.2 Å². The van der Waals surface area contributed by atoms with Gasteiger partial charge in [0.15, 0.2) is 19.8 Å². The molecule has 0 bridgehead atoms. The lowest BCUT2D eigenvalue weighted by Gasteiger charge is -2.32. The minimum Gasteiger partial charge on any atom is -0.482 e. The highest BCUT2D eigenvalue weighted by molar-refractivity contribution is 5.96. The largest absolute Gasteiger partial charge is 0.482 e. The highest BCUT2D eigenvalue weighted by Crippen LogP contribution is 2.53. The molecule has 1 aliphatic heterocycles. The van der Waals surface area contributed by atoms with E-state index in [0.717, 1.165) is 49.4 Å². The first-order chi connectivity index (χ1) is 26.6. The van der Waals surface area contributed by atoms with Gasteiger partial charge in [-0.1, -0.05) is 36.4 Å². The summed E-state index contributed by atoms with van der Waals surface area (Å²) < 4.78 is 41.2. The Morgan fingerprint density at radius 3 is 1.28 bits per heavy atom. The third-order valence-electron chi connectivity index (χ3n) is 8.91. The first-order valence-corrected chi connectivity index (χ1v) is 19.1. The lowest BCUT2D eigenvalue weighted by Crippen LogP contribution is -2.27. The van der Waals surface area contributed by atoms with E-state index in [0.29, 0.717) is 28.7 Å². The Hall–Kier alpha value is -5.77. The summed E-state index contributed by atoms with van der Waals surface area (Å²) >= 11 is 0. The molecule has 6 rings (SSSR count). The van der Waals surface area contributed by atoms with Crippen molar-refractivity contribution in [3.63, 3.8) is 0 Å². The average Bonchev–Trinajstić information content (AvgIpc) is 3.09. The molecule has 0 aromatic heterocycles. The quantitative estimate of drug-likeness (QED) is 0.0983. The summed E-state index contributed by atoms with van der Waals surface area (Å²) in [6, 6.07) is 23.5. The first-order valence-electron chi connectivity index (χ1n) is 19.1. The molecule has 300 valence electrons. The number of hydrogen-bond acceptors (Lipinski definition) is 10. The number of carbonyl (C=O) groups is 3. The van der Waals surface area contributed by atoms with Crippen LogP contribution in [0.5, 0.6) is 28.7 Å². The van der Waals surface area contributed by atoms with Crippen LogP contribution in [0, 0.1) is 13.8 Å². The fraction of sp³-hybridized carbons (Fsp3) is 0.383. The smallest absolute Gasteiger partial charge is 0.344 e. The Morgan fingerprint density at radius 1 is 0.526 bits per heavy atom. The Labute approximate surface area is 334 Å². The Balaban J connectivity index is 1.48. The van der Waals surface area contributed by atoms with Gasteiger partial charge in [0.2, 0.25) is 0 Å². The van der Waals surface area contributed by atoms with Crippen molar-refractivity contribution in [1.29, 1.82) is 0 Å². The SMILES string of the molecule is Cc1cc(C2c3c(ccc4ccc(OCC(=O)OC(C)(C)C)cc34)Oc3ccc4ccc(OCC(=O)OC(C)(C)C)cc4c32)cc(C)c1OCC(=O)OC(C)(C)C. The van der Waals surface area contributed by atoms with Crippen molar-refractivity contribution < 1.29 is 47.5 Å². The number of carbonyl (C=O) groups excluding carboxylic acids is 3. The van der Waals surface area contributed by atoms with Crippen molar-refractivity contribution in [2.45, 2.75) is 98.9 Å².